The summed E-state index contributed by atoms with van der Waals surface area (Å²) in [6.45, 7) is 9.28. The van der Waals surface area contributed by atoms with Crippen molar-refractivity contribution in [3.63, 3.8) is 0 Å². The van der Waals surface area contributed by atoms with E-state index in [1.54, 1.807) is 0 Å². The van der Waals surface area contributed by atoms with Crippen LogP contribution >= 0.6 is 0 Å². The molecule has 0 unspecified atom stereocenters. The van der Waals surface area contributed by atoms with Crippen molar-refractivity contribution in [3.05, 3.63) is 0 Å². The molecule has 5 nitrogen and oxygen atoms in total. The van der Waals surface area contributed by atoms with Crippen LogP contribution in [-0.2, 0) is 20.5 Å². The molecule has 0 aromatic rings. The third-order valence-corrected chi connectivity index (χ3v) is 5.35. The van der Waals surface area contributed by atoms with Gasteiger partial charge in [0.2, 0.25) is 0 Å². The molecular weight excluding hydrogens is 302 g/mol. The number of aliphatic hydroxyl groups is 1. The Bertz CT molecular complexity index is 327. The van der Waals surface area contributed by atoms with Gasteiger partial charge in [-0.3, -0.25) is 0 Å². The monoisotopic (exact) mass is 335 g/mol. The highest BCUT2D eigenvalue weighted by atomic mass is 32.2. The highest BCUT2D eigenvalue weighted by Crippen LogP contribution is 2.18. The summed E-state index contributed by atoms with van der Waals surface area (Å²) < 4.78 is 26.1. The molecule has 0 aromatic heterocycles. The fourth-order valence-electron chi connectivity index (χ4n) is 2.44. The first-order valence-corrected chi connectivity index (χ1v) is 9.57. The van der Waals surface area contributed by atoms with E-state index in [1.807, 2.05) is 20.8 Å². The molecule has 1 heterocycles. The van der Waals surface area contributed by atoms with E-state index >= 15 is 0 Å². The summed E-state index contributed by atoms with van der Waals surface area (Å²) in [6, 6.07) is 0.0583. The number of hydrogen-bond donors (Lipinski definition) is 2. The molecule has 1 fully saturated rings. The Morgan fingerprint density at radius 2 is 1.91 bits per heavy atom. The van der Waals surface area contributed by atoms with E-state index < -0.39 is 11.0 Å². The number of rotatable bonds is 10. The van der Waals surface area contributed by atoms with Crippen LogP contribution in [0.2, 0.25) is 0 Å². The summed E-state index contributed by atoms with van der Waals surface area (Å²) >= 11 is 0. The minimum absolute atomic E-state index is 0.0583. The maximum Gasteiger partial charge on any atom is 0.157 e. The average Bonchev–Trinajstić information content (AvgIpc) is 2.90. The van der Waals surface area contributed by atoms with Crippen LogP contribution in [-0.4, -0.2) is 45.7 Å². The lowest BCUT2D eigenvalue weighted by atomic mass is 10.0. The molecule has 132 valence electrons. The Labute approximate surface area is 137 Å². The highest BCUT2D eigenvalue weighted by molar-refractivity contribution is 7.84. The number of hydrogen-bond acceptors (Lipinski definition) is 4. The molecule has 1 saturated heterocycles. The van der Waals surface area contributed by atoms with Crippen molar-refractivity contribution in [1.82, 2.24) is 4.72 Å². The van der Waals surface area contributed by atoms with Gasteiger partial charge in [0.1, 0.15) is 0 Å². The summed E-state index contributed by atoms with van der Waals surface area (Å²) in [7, 11) is -1.12. The standard InChI is InChI=1S/C16H33NO4S/c1-5-7-14(18)12-13(17-22(19)16(2,3)4)8-6-9-15-20-10-11-21-15/h13-15,17-18H,5-12H2,1-4H3/t13-,14-,22-/m1/s1. The first-order valence-electron chi connectivity index (χ1n) is 8.42. The molecule has 0 bridgehead atoms. The van der Waals surface area contributed by atoms with Crippen LogP contribution < -0.4 is 4.72 Å². The zero-order chi connectivity index (χ0) is 16.6. The molecule has 0 amide bonds. The van der Waals surface area contributed by atoms with Gasteiger partial charge in [-0.2, -0.15) is 0 Å². The summed E-state index contributed by atoms with van der Waals surface area (Å²) in [5, 5.41) is 10.1. The van der Waals surface area contributed by atoms with Gasteiger partial charge in [0.15, 0.2) is 6.29 Å². The van der Waals surface area contributed by atoms with Gasteiger partial charge < -0.3 is 14.6 Å². The van der Waals surface area contributed by atoms with Crippen molar-refractivity contribution in [3.8, 4) is 0 Å². The lowest BCUT2D eigenvalue weighted by Gasteiger charge is -2.26. The molecule has 22 heavy (non-hydrogen) atoms. The zero-order valence-corrected chi connectivity index (χ0v) is 15.3. The normalized spacial score (nSPS) is 21.0. The summed E-state index contributed by atoms with van der Waals surface area (Å²) in [5.74, 6) is 0. The topological polar surface area (TPSA) is 67.8 Å². The summed E-state index contributed by atoms with van der Waals surface area (Å²) in [5.41, 5.74) is 0. The maximum absolute atomic E-state index is 12.3. The highest BCUT2D eigenvalue weighted by Gasteiger charge is 2.24. The van der Waals surface area contributed by atoms with E-state index in [2.05, 4.69) is 11.6 Å². The van der Waals surface area contributed by atoms with Crippen molar-refractivity contribution in [2.75, 3.05) is 13.2 Å². The van der Waals surface area contributed by atoms with Crippen LogP contribution in [0.25, 0.3) is 0 Å². The minimum Gasteiger partial charge on any atom is -0.393 e. The Balaban J connectivity index is 2.43. The largest absolute Gasteiger partial charge is 0.393 e. The smallest absolute Gasteiger partial charge is 0.157 e. The molecular formula is C16H33NO4S. The van der Waals surface area contributed by atoms with Crippen LogP contribution in [0.15, 0.2) is 0 Å². The lowest BCUT2D eigenvalue weighted by molar-refractivity contribution is -0.0483. The minimum atomic E-state index is -1.12. The van der Waals surface area contributed by atoms with E-state index in [0.717, 1.165) is 32.1 Å². The summed E-state index contributed by atoms with van der Waals surface area (Å²) in [6.07, 6.45) is 4.61. The SMILES string of the molecule is CCC[C@@H](O)C[C@@H](CCCC1OCCO1)N[S@](=O)C(C)(C)C. The molecule has 1 aliphatic rings. The fourth-order valence-corrected chi connectivity index (χ4v) is 3.31. The molecule has 2 N–H and O–H groups in total. The first kappa shape index (κ1) is 20.0. The molecule has 0 aromatic carbocycles. The third-order valence-electron chi connectivity index (χ3n) is 3.69. The van der Waals surface area contributed by atoms with Crippen LogP contribution in [0.5, 0.6) is 0 Å². The molecule has 1 rings (SSSR count). The van der Waals surface area contributed by atoms with Crippen molar-refractivity contribution < 1.29 is 18.8 Å². The fraction of sp³-hybridized carbons (Fsp3) is 1.00. The molecule has 1 aliphatic heterocycles. The van der Waals surface area contributed by atoms with E-state index in [1.165, 1.54) is 0 Å². The summed E-state index contributed by atoms with van der Waals surface area (Å²) in [4.78, 5) is 0. The third kappa shape index (κ3) is 8.02. The quantitative estimate of drug-likeness (QED) is 0.644. The molecule has 6 heteroatoms. The molecule has 3 atom stereocenters. The Morgan fingerprint density at radius 1 is 1.27 bits per heavy atom. The first-order chi connectivity index (χ1) is 10.3. The van der Waals surface area contributed by atoms with Gasteiger partial charge in [-0.25, -0.2) is 8.93 Å². The van der Waals surface area contributed by atoms with Gasteiger partial charge in [-0.15, -0.1) is 0 Å². The number of nitrogens with one attached hydrogen (secondary N) is 1. The van der Waals surface area contributed by atoms with Crippen molar-refractivity contribution in [2.24, 2.45) is 0 Å². The van der Waals surface area contributed by atoms with E-state index in [-0.39, 0.29) is 23.2 Å². The second kappa shape index (κ2) is 9.98. The van der Waals surface area contributed by atoms with Crippen molar-refractivity contribution in [1.29, 1.82) is 0 Å². The van der Waals surface area contributed by atoms with Gasteiger partial charge in [-0.1, -0.05) is 13.3 Å². The van der Waals surface area contributed by atoms with E-state index in [9.17, 15) is 9.32 Å². The van der Waals surface area contributed by atoms with Crippen LogP contribution in [0.1, 0.15) is 66.2 Å². The molecule has 0 saturated carbocycles. The second-order valence-electron chi connectivity index (χ2n) is 6.98. The van der Waals surface area contributed by atoms with Gasteiger partial charge in [-0.05, 0) is 52.9 Å². The van der Waals surface area contributed by atoms with E-state index in [4.69, 9.17) is 9.47 Å². The Morgan fingerprint density at radius 3 is 2.45 bits per heavy atom. The number of aliphatic hydroxyl groups excluding tert-OH is 1. The molecule has 0 spiro atoms. The Kier molecular flexibility index (Phi) is 9.09. The van der Waals surface area contributed by atoms with Gasteiger partial charge in [0, 0.05) is 6.04 Å². The maximum atomic E-state index is 12.3. The molecule has 0 aliphatic carbocycles. The predicted octanol–water partition coefficient (Wildman–Crippen LogP) is 2.50. The van der Waals surface area contributed by atoms with Crippen LogP contribution in [0.3, 0.4) is 0 Å². The predicted molar refractivity (Wildman–Crippen MR) is 89.9 cm³/mol. The van der Waals surface area contributed by atoms with Gasteiger partial charge in [0.05, 0.1) is 35.1 Å². The van der Waals surface area contributed by atoms with Crippen molar-refractivity contribution in [2.45, 2.75) is 89.4 Å². The lowest BCUT2D eigenvalue weighted by Crippen LogP contribution is -2.41. The van der Waals surface area contributed by atoms with Crippen LogP contribution in [0, 0.1) is 0 Å². The zero-order valence-electron chi connectivity index (χ0n) is 14.5. The van der Waals surface area contributed by atoms with Gasteiger partial charge in [0.25, 0.3) is 0 Å². The van der Waals surface area contributed by atoms with Crippen LogP contribution in [0.4, 0.5) is 0 Å². The average molecular weight is 336 g/mol. The molecule has 0 radical (unpaired) electrons. The van der Waals surface area contributed by atoms with E-state index in [0.29, 0.717) is 19.6 Å². The van der Waals surface area contributed by atoms with Gasteiger partial charge >= 0.3 is 0 Å². The second-order valence-corrected chi connectivity index (χ2v) is 8.97. The Hall–Kier alpha value is -0.0100. The van der Waals surface area contributed by atoms with Crippen molar-refractivity contribution >= 4 is 11.0 Å². The number of ether oxygens (including phenoxy) is 2.